The van der Waals surface area contributed by atoms with Gasteiger partial charge in [0.1, 0.15) is 23.8 Å². The molecule has 170 valence electrons. The molecule has 1 aromatic carbocycles. The van der Waals surface area contributed by atoms with Gasteiger partial charge < -0.3 is 19.7 Å². The zero-order valence-electron chi connectivity index (χ0n) is 18.7. The van der Waals surface area contributed by atoms with Gasteiger partial charge in [-0.2, -0.15) is 0 Å². The van der Waals surface area contributed by atoms with Crippen molar-refractivity contribution in [1.29, 1.82) is 0 Å². The number of pyridine rings is 2. The summed E-state index contributed by atoms with van der Waals surface area (Å²) >= 11 is 0. The number of nitrogens with zero attached hydrogens (tertiary/aromatic N) is 4. The largest absolute Gasteiger partial charge is 0.507 e. The van der Waals surface area contributed by atoms with Crippen molar-refractivity contribution in [3.63, 3.8) is 0 Å². The predicted molar refractivity (Wildman–Crippen MR) is 125 cm³/mol. The highest BCUT2D eigenvalue weighted by Crippen LogP contribution is 2.38. The van der Waals surface area contributed by atoms with E-state index in [1.54, 1.807) is 13.0 Å². The SMILES string of the molecule is Cc1nc2c(C)c(O)c(-c3ccc4nc(N5CCC(NC6(CF)CC6)C5)ccc4n3)cc2o1. The van der Waals surface area contributed by atoms with Gasteiger partial charge in [0, 0.05) is 42.7 Å². The number of rotatable bonds is 5. The second-order valence-corrected chi connectivity index (χ2v) is 9.37. The van der Waals surface area contributed by atoms with E-state index in [-0.39, 0.29) is 18.0 Å². The highest BCUT2D eigenvalue weighted by Gasteiger charge is 2.45. The molecule has 7 nitrogen and oxygen atoms in total. The van der Waals surface area contributed by atoms with Crippen LogP contribution >= 0.6 is 0 Å². The Bertz CT molecular complexity index is 1380. The van der Waals surface area contributed by atoms with Crippen LogP contribution in [-0.2, 0) is 0 Å². The fraction of sp³-hybridized carbons (Fsp3) is 0.400. The highest BCUT2D eigenvalue weighted by atomic mass is 19.1. The molecule has 1 saturated carbocycles. The lowest BCUT2D eigenvalue weighted by Gasteiger charge is -2.21. The van der Waals surface area contributed by atoms with Gasteiger partial charge in [-0.1, -0.05) is 0 Å². The molecule has 3 aromatic heterocycles. The normalized spacial score (nSPS) is 19.6. The fourth-order valence-corrected chi connectivity index (χ4v) is 4.83. The first-order chi connectivity index (χ1) is 15.9. The van der Waals surface area contributed by atoms with E-state index in [1.807, 2.05) is 31.2 Å². The number of alkyl halides is 1. The van der Waals surface area contributed by atoms with Crippen LogP contribution in [0.1, 0.15) is 30.7 Å². The number of fused-ring (bicyclic) bond motifs is 2. The van der Waals surface area contributed by atoms with Crippen LogP contribution < -0.4 is 10.2 Å². The van der Waals surface area contributed by atoms with Gasteiger partial charge in [-0.3, -0.25) is 0 Å². The molecule has 2 aliphatic rings. The predicted octanol–water partition coefficient (Wildman–Crippen LogP) is 4.43. The maximum Gasteiger partial charge on any atom is 0.192 e. The molecule has 0 radical (unpaired) electrons. The Morgan fingerprint density at radius 1 is 1.15 bits per heavy atom. The number of oxazole rings is 1. The number of halogens is 1. The molecule has 8 heteroatoms. The number of aromatic nitrogens is 3. The number of aromatic hydroxyl groups is 1. The first kappa shape index (κ1) is 20.4. The van der Waals surface area contributed by atoms with Crippen molar-refractivity contribution in [1.82, 2.24) is 20.3 Å². The quantitative estimate of drug-likeness (QED) is 0.468. The van der Waals surface area contributed by atoms with Crippen LogP contribution in [-0.4, -0.2) is 51.4 Å². The van der Waals surface area contributed by atoms with Gasteiger partial charge in [0.15, 0.2) is 11.5 Å². The number of anilines is 1. The summed E-state index contributed by atoms with van der Waals surface area (Å²) in [6.45, 7) is 5.05. The molecule has 1 unspecified atom stereocenters. The van der Waals surface area contributed by atoms with Crippen LogP contribution in [0.5, 0.6) is 5.75 Å². The van der Waals surface area contributed by atoms with Crippen molar-refractivity contribution >= 4 is 28.0 Å². The van der Waals surface area contributed by atoms with E-state index in [4.69, 9.17) is 14.4 Å². The van der Waals surface area contributed by atoms with E-state index in [9.17, 15) is 9.50 Å². The number of phenols is 1. The summed E-state index contributed by atoms with van der Waals surface area (Å²) in [4.78, 5) is 16.2. The monoisotopic (exact) mass is 447 g/mol. The smallest absolute Gasteiger partial charge is 0.192 e. The number of phenolic OH excluding ortho intramolecular Hbond substituents is 1. The van der Waals surface area contributed by atoms with E-state index in [1.165, 1.54) is 0 Å². The summed E-state index contributed by atoms with van der Waals surface area (Å²) in [6.07, 6.45) is 2.85. The summed E-state index contributed by atoms with van der Waals surface area (Å²) in [5, 5.41) is 14.3. The second-order valence-electron chi connectivity index (χ2n) is 9.37. The van der Waals surface area contributed by atoms with Crippen LogP contribution in [0.2, 0.25) is 0 Å². The minimum atomic E-state index is -0.288. The summed E-state index contributed by atoms with van der Waals surface area (Å²) in [7, 11) is 0. The highest BCUT2D eigenvalue weighted by molar-refractivity contribution is 5.89. The summed E-state index contributed by atoms with van der Waals surface area (Å²) in [5.74, 6) is 1.62. The molecule has 0 spiro atoms. The fourth-order valence-electron chi connectivity index (χ4n) is 4.83. The number of aryl methyl sites for hydroxylation is 2. The lowest BCUT2D eigenvalue weighted by molar-refractivity contribution is 0.332. The minimum absolute atomic E-state index is 0.157. The van der Waals surface area contributed by atoms with Gasteiger partial charge in [-0.15, -0.1) is 0 Å². The van der Waals surface area contributed by atoms with Crippen LogP contribution in [0.3, 0.4) is 0 Å². The summed E-state index contributed by atoms with van der Waals surface area (Å²) in [5.41, 5.74) is 4.51. The lowest BCUT2D eigenvalue weighted by Crippen LogP contribution is -2.43. The topological polar surface area (TPSA) is 87.3 Å². The minimum Gasteiger partial charge on any atom is -0.507 e. The Morgan fingerprint density at radius 2 is 1.94 bits per heavy atom. The molecule has 1 saturated heterocycles. The second kappa shape index (κ2) is 7.38. The molecule has 4 aromatic rings. The molecular weight excluding hydrogens is 421 g/mol. The van der Waals surface area contributed by atoms with E-state index in [0.717, 1.165) is 49.2 Å². The zero-order valence-corrected chi connectivity index (χ0v) is 18.7. The third-order valence-corrected chi connectivity index (χ3v) is 6.94. The van der Waals surface area contributed by atoms with Crippen molar-refractivity contribution in [2.45, 2.75) is 44.7 Å². The first-order valence-electron chi connectivity index (χ1n) is 11.4. The summed E-state index contributed by atoms with van der Waals surface area (Å²) < 4.78 is 18.9. The van der Waals surface area contributed by atoms with Gasteiger partial charge in [0.2, 0.25) is 0 Å². The van der Waals surface area contributed by atoms with Crippen molar-refractivity contribution in [2.75, 3.05) is 24.7 Å². The Morgan fingerprint density at radius 3 is 2.73 bits per heavy atom. The average molecular weight is 448 g/mol. The van der Waals surface area contributed by atoms with E-state index in [0.29, 0.717) is 39.9 Å². The van der Waals surface area contributed by atoms with E-state index < -0.39 is 0 Å². The van der Waals surface area contributed by atoms with E-state index >= 15 is 0 Å². The van der Waals surface area contributed by atoms with Crippen LogP contribution in [0, 0.1) is 13.8 Å². The Balaban J connectivity index is 1.28. The number of hydrogen-bond donors (Lipinski definition) is 2. The molecular formula is C25H26FN5O2. The summed E-state index contributed by atoms with van der Waals surface area (Å²) in [6, 6.07) is 9.83. The van der Waals surface area contributed by atoms with Crippen molar-refractivity contribution in [3.8, 4) is 17.0 Å². The molecule has 1 aliphatic heterocycles. The van der Waals surface area contributed by atoms with Crippen LogP contribution in [0.15, 0.2) is 34.7 Å². The van der Waals surface area contributed by atoms with Gasteiger partial charge >= 0.3 is 0 Å². The zero-order chi connectivity index (χ0) is 22.7. The van der Waals surface area contributed by atoms with Crippen molar-refractivity contribution in [3.05, 3.63) is 41.8 Å². The number of benzene rings is 1. The molecule has 0 bridgehead atoms. The maximum absolute atomic E-state index is 13.2. The van der Waals surface area contributed by atoms with Gasteiger partial charge in [0.05, 0.1) is 16.7 Å². The molecule has 4 heterocycles. The van der Waals surface area contributed by atoms with Gasteiger partial charge in [-0.25, -0.2) is 19.3 Å². The Labute approximate surface area is 190 Å². The van der Waals surface area contributed by atoms with E-state index in [2.05, 4.69) is 15.2 Å². The van der Waals surface area contributed by atoms with Crippen molar-refractivity contribution in [2.24, 2.45) is 0 Å². The van der Waals surface area contributed by atoms with Crippen LogP contribution in [0.25, 0.3) is 33.4 Å². The number of nitrogens with one attached hydrogen (secondary N) is 1. The third-order valence-electron chi connectivity index (χ3n) is 6.94. The van der Waals surface area contributed by atoms with Crippen LogP contribution in [0.4, 0.5) is 10.2 Å². The molecule has 1 atom stereocenters. The lowest BCUT2D eigenvalue weighted by atomic mass is 10.0. The maximum atomic E-state index is 13.2. The molecule has 0 amide bonds. The Hall–Kier alpha value is -3.26. The van der Waals surface area contributed by atoms with Crippen molar-refractivity contribution < 1.29 is 13.9 Å². The number of hydrogen-bond acceptors (Lipinski definition) is 7. The molecule has 33 heavy (non-hydrogen) atoms. The van der Waals surface area contributed by atoms with Gasteiger partial charge in [0.25, 0.3) is 0 Å². The third kappa shape index (κ3) is 3.49. The molecule has 2 fully saturated rings. The average Bonchev–Trinajstić information content (AvgIpc) is 3.25. The Kier molecular flexibility index (Phi) is 4.55. The van der Waals surface area contributed by atoms with Gasteiger partial charge in [-0.05, 0) is 56.5 Å². The molecule has 6 rings (SSSR count). The standard InChI is InChI=1S/C25H26FN5O2/c1-14-23-21(33-15(2)27-23)11-17(24(14)32)18-3-4-20-19(28-18)5-6-22(29-20)31-10-7-16(12-31)30-25(13-26)8-9-25/h3-6,11,16,30,32H,7-10,12-13H2,1-2H3. The molecule has 2 N–H and O–H groups in total. The first-order valence-corrected chi connectivity index (χ1v) is 11.4. The molecule has 1 aliphatic carbocycles.